The second kappa shape index (κ2) is 5.23. The highest BCUT2D eigenvalue weighted by molar-refractivity contribution is 7.20. The molecule has 88 valence electrons. The van der Waals surface area contributed by atoms with E-state index in [-0.39, 0.29) is 5.91 Å². The molecule has 0 unspecified atom stereocenters. The van der Waals surface area contributed by atoms with Crippen molar-refractivity contribution < 1.29 is 4.79 Å². The number of nitrogens with one attached hydrogen (secondary N) is 1. The van der Waals surface area contributed by atoms with Gasteiger partial charge in [-0.15, -0.1) is 11.3 Å². The molecule has 2 aromatic heterocycles. The molecule has 2 rings (SSSR count). The lowest BCUT2D eigenvalue weighted by Gasteiger charge is -2.03. The maximum atomic E-state index is 11.8. The highest BCUT2D eigenvalue weighted by Gasteiger charge is 2.14. The fourth-order valence-corrected chi connectivity index (χ4v) is 2.78. The summed E-state index contributed by atoms with van der Waals surface area (Å²) in [4.78, 5) is 15.8. The van der Waals surface area contributed by atoms with Gasteiger partial charge < -0.3 is 5.32 Å². The summed E-state index contributed by atoms with van der Waals surface area (Å²) in [6, 6.07) is 6.44. The van der Waals surface area contributed by atoms with Gasteiger partial charge in [-0.25, -0.2) is 4.98 Å². The maximum Gasteiger partial charge on any atom is 0.259 e. The van der Waals surface area contributed by atoms with Crippen LogP contribution < -0.4 is 5.32 Å². The molecule has 7 heteroatoms. The third kappa shape index (κ3) is 3.10. The van der Waals surface area contributed by atoms with Gasteiger partial charge in [0.1, 0.15) is 15.3 Å². The molecule has 0 radical (unpaired) electrons. The first-order valence-corrected chi connectivity index (χ1v) is 6.40. The van der Waals surface area contributed by atoms with Gasteiger partial charge in [-0.3, -0.25) is 4.79 Å². The smallest absolute Gasteiger partial charge is 0.259 e. The van der Waals surface area contributed by atoms with E-state index in [9.17, 15) is 4.79 Å². The molecule has 0 saturated heterocycles. The highest BCUT2D eigenvalue weighted by Crippen LogP contribution is 2.31. The second-order valence-electron chi connectivity index (χ2n) is 3.04. The normalized spacial score (nSPS) is 10.3. The minimum atomic E-state index is -0.368. The van der Waals surface area contributed by atoms with Crippen LogP contribution in [0.1, 0.15) is 10.4 Å². The van der Waals surface area contributed by atoms with Gasteiger partial charge in [0.05, 0.1) is 9.90 Å². The first kappa shape index (κ1) is 12.6. The number of carbonyl (C=O) groups excluding carboxylic acids is 1. The maximum absolute atomic E-state index is 11.8. The van der Waals surface area contributed by atoms with Crippen molar-refractivity contribution in [2.75, 3.05) is 5.32 Å². The van der Waals surface area contributed by atoms with Crippen molar-refractivity contribution in [2.24, 2.45) is 0 Å². The van der Waals surface area contributed by atoms with Crippen LogP contribution in [0.5, 0.6) is 0 Å². The topological polar surface area (TPSA) is 42.0 Å². The van der Waals surface area contributed by atoms with Gasteiger partial charge in [-0.05, 0) is 18.2 Å². The van der Waals surface area contributed by atoms with E-state index >= 15 is 0 Å². The molecular formula is C10H5Cl3N2OS. The fraction of sp³-hybridized carbons (Fsp3) is 0. The predicted octanol–water partition coefficient (Wildman–Crippen LogP) is 4.36. The number of rotatable bonds is 2. The predicted molar refractivity (Wildman–Crippen MR) is 71.5 cm³/mol. The summed E-state index contributed by atoms with van der Waals surface area (Å²) in [7, 11) is 0. The summed E-state index contributed by atoms with van der Waals surface area (Å²) in [5, 5.41) is 2.89. The Kier molecular flexibility index (Phi) is 3.89. The molecule has 0 bridgehead atoms. The highest BCUT2D eigenvalue weighted by atomic mass is 35.5. The lowest BCUT2D eigenvalue weighted by atomic mass is 10.3. The molecule has 0 spiro atoms. The van der Waals surface area contributed by atoms with E-state index in [1.54, 1.807) is 18.2 Å². The van der Waals surface area contributed by atoms with Crippen molar-refractivity contribution in [1.82, 2.24) is 4.98 Å². The Labute approximate surface area is 116 Å². The van der Waals surface area contributed by atoms with E-state index in [0.717, 1.165) is 11.3 Å². The Bertz CT molecular complexity index is 570. The summed E-state index contributed by atoms with van der Waals surface area (Å²) in [5.41, 5.74) is 0.323. The molecule has 17 heavy (non-hydrogen) atoms. The lowest BCUT2D eigenvalue weighted by molar-refractivity contribution is 0.102. The second-order valence-corrected chi connectivity index (χ2v) is 5.71. The summed E-state index contributed by atoms with van der Waals surface area (Å²) in [6.07, 6.45) is 0. The first-order valence-electron chi connectivity index (χ1n) is 4.45. The lowest BCUT2D eigenvalue weighted by Crippen LogP contribution is -2.12. The van der Waals surface area contributed by atoms with E-state index in [4.69, 9.17) is 34.8 Å². The molecule has 2 heterocycles. The number of carbonyl (C=O) groups is 1. The van der Waals surface area contributed by atoms with Gasteiger partial charge in [0.25, 0.3) is 5.91 Å². The van der Waals surface area contributed by atoms with Crippen LogP contribution in [-0.2, 0) is 0 Å². The third-order valence-corrected chi connectivity index (χ3v) is 3.56. The number of pyridine rings is 1. The molecule has 0 aliphatic carbocycles. The minimum Gasteiger partial charge on any atom is -0.306 e. The van der Waals surface area contributed by atoms with E-state index in [1.165, 1.54) is 6.07 Å². The number of hydrogen-bond acceptors (Lipinski definition) is 3. The summed E-state index contributed by atoms with van der Waals surface area (Å²) >= 11 is 18.5. The Morgan fingerprint density at radius 2 is 2.06 bits per heavy atom. The molecule has 0 saturated carbocycles. The van der Waals surface area contributed by atoms with E-state index in [2.05, 4.69) is 10.3 Å². The largest absolute Gasteiger partial charge is 0.306 e. The minimum absolute atomic E-state index is 0.303. The molecule has 0 fully saturated rings. The third-order valence-electron chi connectivity index (χ3n) is 1.86. The van der Waals surface area contributed by atoms with Crippen molar-refractivity contribution in [3.63, 3.8) is 0 Å². The Morgan fingerprint density at radius 3 is 2.65 bits per heavy atom. The van der Waals surface area contributed by atoms with Crippen LogP contribution in [-0.4, -0.2) is 10.9 Å². The molecular weight excluding hydrogens is 303 g/mol. The summed E-state index contributed by atoms with van der Waals surface area (Å²) in [6.45, 7) is 0. The van der Waals surface area contributed by atoms with Gasteiger partial charge >= 0.3 is 0 Å². The zero-order valence-electron chi connectivity index (χ0n) is 8.21. The van der Waals surface area contributed by atoms with Crippen LogP contribution in [0.25, 0.3) is 0 Å². The molecule has 0 aliphatic heterocycles. The van der Waals surface area contributed by atoms with E-state index in [1.807, 2.05) is 0 Å². The number of hydrogen-bond donors (Lipinski definition) is 1. The Hall–Kier alpha value is -0.810. The van der Waals surface area contributed by atoms with Crippen molar-refractivity contribution >= 4 is 57.9 Å². The first-order chi connectivity index (χ1) is 8.06. The zero-order chi connectivity index (χ0) is 12.4. The number of aromatic nitrogens is 1. The quantitative estimate of drug-likeness (QED) is 0.838. The molecule has 3 nitrogen and oxygen atoms in total. The van der Waals surface area contributed by atoms with Crippen LogP contribution >= 0.6 is 46.1 Å². The van der Waals surface area contributed by atoms with Gasteiger partial charge in [0.2, 0.25) is 0 Å². The molecule has 0 atom stereocenters. The Balaban J connectivity index is 2.20. The molecule has 0 aliphatic rings. The molecule has 1 amide bonds. The van der Waals surface area contributed by atoms with Crippen molar-refractivity contribution in [1.29, 1.82) is 0 Å². The average Bonchev–Trinajstić information content (AvgIpc) is 2.58. The SMILES string of the molecule is O=C(Nc1cccc(Cl)n1)c1cc(Cl)sc1Cl. The number of amides is 1. The monoisotopic (exact) mass is 306 g/mol. The summed E-state index contributed by atoms with van der Waals surface area (Å²) < 4.78 is 0.800. The Morgan fingerprint density at radius 1 is 1.29 bits per heavy atom. The van der Waals surface area contributed by atoms with Gasteiger partial charge in [-0.2, -0.15) is 0 Å². The van der Waals surface area contributed by atoms with Gasteiger partial charge in [-0.1, -0.05) is 40.9 Å². The van der Waals surface area contributed by atoms with Crippen molar-refractivity contribution in [3.8, 4) is 0 Å². The van der Waals surface area contributed by atoms with Crippen molar-refractivity contribution in [3.05, 3.63) is 43.7 Å². The van der Waals surface area contributed by atoms with Gasteiger partial charge in [0.15, 0.2) is 0 Å². The number of nitrogens with zero attached hydrogens (tertiary/aromatic N) is 1. The van der Waals surface area contributed by atoms with Crippen LogP contribution in [0, 0.1) is 0 Å². The molecule has 2 aromatic rings. The number of halogens is 3. The molecule has 1 N–H and O–H groups in total. The molecule has 0 aromatic carbocycles. The fourth-order valence-electron chi connectivity index (χ4n) is 1.16. The average molecular weight is 308 g/mol. The number of thiophene rings is 1. The summed E-state index contributed by atoms with van der Waals surface area (Å²) in [5.74, 6) is -0.00574. The van der Waals surface area contributed by atoms with Crippen LogP contribution in [0.15, 0.2) is 24.3 Å². The van der Waals surface area contributed by atoms with E-state index < -0.39 is 0 Å². The van der Waals surface area contributed by atoms with Gasteiger partial charge in [0, 0.05) is 0 Å². The van der Waals surface area contributed by atoms with Crippen LogP contribution in [0.2, 0.25) is 13.8 Å². The van der Waals surface area contributed by atoms with Crippen molar-refractivity contribution in [2.45, 2.75) is 0 Å². The number of anilines is 1. The van der Waals surface area contributed by atoms with Crippen LogP contribution in [0.4, 0.5) is 5.82 Å². The van der Waals surface area contributed by atoms with Crippen LogP contribution in [0.3, 0.4) is 0 Å². The standard InChI is InChI=1S/C10H5Cl3N2OS/c11-6-2-1-3-8(14-6)15-10(16)5-4-7(12)17-9(5)13/h1-4H,(H,14,15,16). The van der Waals surface area contributed by atoms with E-state index in [0.29, 0.717) is 25.2 Å². The zero-order valence-corrected chi connectivity index (χ0v) is 11.3.